The molecule has 20 heavy (non-hydrogen) atoms. The number of benzene rings is 2. The highest BCUT2D eigenvalue weighted by Gasteiger charge is 2.14. The van der Waals surface area contributed by atoms with Gasteiger partial charge in [0.2, 0.25) is 0 Å². The Morgan fingerprint density at radius 2 is 1.90 bits per heavy atom. The van der Waals surface area contributed by atoms with E-state index in [0.29, 0.717) is 10.7 Å². The van der Waals surface area contributed by atoms with E-state index in [0.717, 1.165) is 6.42 Å². The molecule has 104 valence electrons. The first-order valence-corrected chi connectivity index (χ1v) is 7.34. The van der Waals surface area contributed by atoms with Crippen molar-refractivity contribution in [1.82, 2.24) is 0 Å². The van der Waals surface area contributed by atoms with E-state index in [1.807, 2.05) is 0 Å². The number of halogens is 2. The molecule has 0 aromatic heterocycles. The van der Waals surface area contributed by atoms with Gasteiger partial charge in [-0.1, -0.05) is 29.8 Å². The van der Waals surface area contributed by atoms with Crippen LogP contribution in [0.4, 0.5) is 10.1 Å². The van der Waals surface area contributed by atoms with Crippen molar-refractivity contribution in [2.24, 2.45) is 0 Å². The van der Waals surface area contributed by atoms with E-state index >= 15 is 0 Å². The fraction of sp³-hybridized carbons (Fsp3) is 0.294. The molecule has 0 saturated carbocycles. The number of aryl methyl sites for hydroxylation is 2. The lowest BCUT2D eigenvalue weighted by atomic mass is 10.0. The van der Waals surface area contributed by atoms with Crippen molar-refractivity contribution in [3.63, 3.8) is 0 Å². The first kappa shape index (κ1) is 13.4. The summed E-state index contributed by atoms with van der Waals surface area (Å²) >= 11 is 6.09. The van der Waals surface area contributed by atoms with Crippen molar-refractivity contribution in [2.45, 2.75) is 32.2 Å². The zero-order chi connectivity index (χ0) is 14.1. The van der Waals surface area contributed by atoms with E-state index in [-0.39, 0.29) is 11.9 Å². The largest absolute Gasteiger partial charge is 0.377 e. The lowest BCUT2D eigenvalue weighted by Crippen LogP contribution is -2.07. The molecule has 0 bridgehead atoms. The summed E-state index contributed by atoms with van der Waals surface area (Å²) in [6.07, 6.45) is 3.60. The third-order valence-corrected chi connectivity index (χ3v) is 4.25. The molecular weight excluding hydrogens is 273 g/mol. The molecule has 1 atom stereocenters. The molecule has 1 nitrogen and oxygen atoms in total. The molecule has 2 aromatic carbocycles. The lowest BCUT2D eigenvalue weighted by molar-refractivity contribution is 0.628. The van der Waals surface area contributed by atoms with Gasteiger partial charge < -0.3 is 5.32 Å². The number of nitrogens with one attached hydrogen (secondary N) is 1. The van der Waals surface area contributed by atoms with Crippen molar-refractivity contribution in [1.29, 1.82) is 0 Å². The van der Waals surface area contributed by atoms with Crippen LogP contribution in [0.1, 0.15) is 36.1 Å². The molecule has 0 fully saturated rings. The van der Waals surface area contributed by atoms with E-state index in [4.69, 9.17) is 11.6 Å². The van der Waals surface area contributed by atoms with Crippen LogP contribution in [0, 0.1) is 5.82 Å². The van der Waals surface area contributed by atoms with Crippen molar-refractivity contribution >= 4 is 17.3 Å². The zero-order valence-electron chi connectivity index (χ0n) is 11.4. The average molecular weight is 290 g/mol. The standard InChI is InChI=1S/C17H17ClFN/c1-11(20-17-10-15(19)7-8-16(17)18)13-6-5-12-3-2-4-14(12)9-13/h5-11,20H,2-4H2,1H3. The maximum absolute atomic E-state index is 13.3. The average Bonchev–Trinajstić information content (AvgIpc) is 2.90. The van der Waals surface area contributed by atoms with Crippen molar-refractivity contribution in [2.75, 3.05) is 5.32 Å². The Morgan fingerprint density at radius 3 is 2.75 bits per heavy atom. The van der Waals surface area contributed by atoms with E-state index in [2.05, 4.69) is 30.4 Å². The zero-order valence-corrected chi connectivity index (χ0v) is 12.2. The fourth-order valence-corrected chi connectivity index (χ4v) is 2.96. The molecule has 0 aliphatic heterocycles. The predicted octanol–water partition coefficient (Wildman–Crippen LogP) is 5.14. The maximum Gasteiger partial charge on any atom is 0.125 e. The smallest absolute Gasteiger partial charge is 0.125 e. The van der Waals surface area contributed by atoms with E-state index in [1.54, 1.807) is 6.07 Å². The van der Waals surface area contributed by atoms with Gasteiger partial charge in [0, 0.05) is 6.04 Å². The van der Waals surface area contributed by atoms with Gasteiger partial charge in [-0.05, 0) is 61.1 Å². The summed E-state index contributed by atoms with van der Waals surface area (Å²) in [6.45, 7) is 2.07. The van der Waals surface area contributed by atoms with Crippen LogP contribution < -0.4 is 5.32 Å². The molecule has 3 heteroatoms. The number of hydrogen-bond donors (Lipinski definition) is 1. The Kier molecular flexibility index (Phi) is 3.66. The van der Waals surface area contributed by atoms with E-state index in [9.17, 15) is 4.39 Å². The Labute approximate surface area is 123 Å². The molecular formula is C17H17ClFN. The van der Waals surface area contributed by atoms with Crippen LogP contribution in [0.15, 0.2) is 36.4 Å². The Morgan fingerprint density at radius 1 is 1.10 bits per heavy atom. The fourth-order valence-electron chi connectivity index (χ4n) is 2.79. The Bertz CT molecular complexity index is 639. The van der Waals surface area contributed by atoms with Gasteiger partial charge in [-0.2, -0.15) is 0 Å². The van der Waals surface area contributed by atoms with Gasteiger partial charge in [0.25, 0.3) is 0 Å². The summed E-state index contributed by atoms with van der Waals surface area (Å²) in [6, 6.07) is 11.1. The minimum Gasteiger partial charge on any atom is -0.377 e. The molecule has 0 amide bonds. The van der Waals surface area contributed by atoms with E-state index in [1.165, 1.54) is 41.7 Å². The second-order valence-electron chi connectivity index (χ2n) is 5.37. The summed E-state index contributed by atoms with van der Waals surface area (Å²) < 4.78 is 13.3. The van der Waals surface area contributed by atoms with Gasteiger partial charge in [0.1, 0.15) is 5.82 Å². The van der Waals surface area contributed by atoms with Crippen LogP contribution in [-0.4, -0.2) is 0 Å². The molecule has 0 radical (unpaired) electrons. The first-order chi connectivity index (χ1) is 9.63. The highest BCUT2D eigenvalue weighted by molar-refractivity contribution is 6.33. The monoisotopic (exact) mass is 289 g/mol. The second-order valence-corrected chi connectivity index (χ2v) is 5.78. The summed E-state index contributed by atoms with van der Waals surface area (Å²) in [5.74, 6) is -0.280. The lowest BCUT2D eigenvalue weighted by Gasteiger charge is -2.18. The summed E-state index contributed by atoms with van der Waals surface area (Å²) in [5.41, 5.74) is 4.76. The summed E-state index contributed by atoms with van der Waals surface area (Å²) in [7, 11) is 0. The number of hydrogen-bond acceptors (Lipinski definition) is 1. The second kappa shape index (κ2) is 5.45. The van der Waals surface area contributed by atoms with Crippen molar-refractivity contribution < 1.29 is 4.39 Å². The van der Waals surface area contributed by atoms with Crippen molar-refractivity contribution in [3.05, 3.63) is 63.9 Å². The number of anilines is 1. The molecule has 1 aliphatic carbocycles. The molecule has 1 unspecified atom stereocenters. The first-order valence-electron chi connectivity index (χ1n) is 6.97. The van der Waals surface area contributed by atoms with Crippen LogP contribution >= 0.6 is 11.6 Å². The van der Waals surface area contributed by atoms with Gasteiger partial charge in [-0.15, -0.1) is 0 Å². The molecule has 0 heterocycles. The Hall–Kier alpha value is -1.54. The molecule has 0 saturated heterocycles. The van der Waals surface area contributed by atoms with Gasteiger partial charge >= 0.3 is 0 Å². The molecule has 1 N–H and O–H groups in total. The Balaban J connectivity index is 1.82. The normalized spacial score (nSPS) is 14.9. The van der Waals surface area contributed by atoms with Crippen LogP contribution in [0.2, 0.25) is 5.02 Å². The van der Waals surface area contributed by atoms with Crippen molar-refractivity contribution in [3.8, 4) is 0 Å². The van der Waals surface area contributed by atoms with Gasteiger partial charge in [-0.3, -0.25) is 0 Å². The van der Waals surface area contributed by atoms with E-state index < -0.39 is 0 Å². The van der Waals surface area contributed by atoms with Crippen LogP contribution in [0.5, 0.6) is 0 Å². The quantitative estimate of drug-likeness (QED) is 0.825. The topological polar surface area (TPSA) is 12.0 Å². The van der Waals surface area contributed by atoms with Gasteiger partial charge in [0.15, 0.2) is 0 Å². The SMILES string of the molecule is CC(Nc1cc(F)ccc1Cl)c1ccc2c(c1)CCC2. The van der Waals surface area contributed by atoms with Gasteiger partial charge in [-0.25, -0.2) is 4.39 Å². The summed E-state index contributed by atoms with van der Waals surface area (Å²) in [5, 5.41) is 3.83. The maximum atomic E-state index is 13.3. The van der Waals surface area contributed by atoms with Crippen LogP contribution in [-0.2, 0) is 12.8 Å². The summed E-state index contributed by atoms with van der Waals surface area (Å²) in [4.78, 5) is 0. The number of rotatable bonds is 3. The number of fused-ring (bicyclic) bond motifs is 1. The third kappa shape index (κ3) is 2.66. The highest BCUT2D eigenvalue weighted by Crippen LogP contribution is 2.29. The third-order valence-electron chi connectivity index (χ3n) is 3.92. The van der Waals surface area contributed by atoms with Gasteiger partial charge in [0.05, 0.1) is 10.7 Å². The highest BCUT2D eigenvalue weighted by atomic mass is 35.5. The molecule has 0 spiro atoms. The molecule has 3 rings (SSSR count). The van der Waals surface area contributed by atoms with Crippen LogP contribution in [0.25, 0.3) is 0 Å². The molecule has 1 aliphatic rings. The predicted molar refractivity (Wildman–Crippen MR) is 81.9 cm³/mol. The van der Waals surface area contributed by atoms with Crippen LogP contribution in [0.3, 0.4) is 0 Å². The minimum atomic E-state index is -0.280. The minimum absolute atomic E-state index is 0.0974. The molecule has 2 aromatic rings.